The quantitative estimate of drug-likeness (QED) is 0.795. The summed E-state index contributed by atoms with van der Waals surface area (Å²) in [5.41, 5.74) is 0. The molecule has 0 radical (unpaired) electrons. The Morgan fingerprint density at radius 1 is 1.06 bits per heavy atom. The second kappa shape index (κ2) is 7.34. The Labute approximate surface area is 106 Å². The monoisotopic (exact) mass is 240 g/mol. The van der Waals surface area contributed by atoms with Gasteiger partial charge in [-0.25, -0.2) is 0 Å². The van der Waals surface area contributed by atoms with Gasteiger partial charge in [0.15, 0.2) is 0 Å². The van der Waals surface area contributed by atoms with Crippen molar-refractivity contribution in [2.75, 3.05) is 33.3 Å². The summed E-state index contributed by atoms with van der Waals surface area (Å²) in [7, 11) is 2.27. The molecular weight excluding hydrogens is 212 g/mol. The minimum absolute atomic E-state index is 0.510. The second-order valence-corrected chi connectivity index (χ2v) is 5.59. The molecule has 0 spiro atoms. The van der Waals surface area contributed by atoms with E-state index in [1.54, 1.807) is 0 Å². The van der Waals surface area contributed by atoms with E-state index in [-0.39, 0.29) is 0 Å². The number of rotatable bonds is 5. The van der Waals surface area contributed by atoms with Crippen LogP contribution < -0.4 is 5.32 Å². The van der Waals surface area contributed by atoms with Crippen molar-refractivity contribution in [3.63, 3.8) is 0 Å². The number of likely N-dealkylation sites (N-methyl/N-ethyl adjacent to an activating group) is 1. The summed E-state index contributed by atoms with van der Waals surface area (Å²) in [6.45, 7) is 4.28. The Hall–Kier alpha value is -0.120. The van der Waals surface area contributed by atoms with Gasteiger partial charge in [-0.15, -0.1) is 0 Å². The highest BCUT2D eigenvalue weighted by Crippen LogP contribution is 2.21. The lowest BCUT2D eigenvalue weighted by Gasteiger charge is -2.31. The fraction of sp³-hybridized carbons (Fsp3) is 1.00. The first-order valence-corrected chi connectivity index (χ1v) is 7.39. The topological polar surface area (TPSA) is 24.5 Å². The molecule has 1 aliphatic heterocycles. The van der Waals surface area contributed by atoms with E-state index in [2.05, 4.69) is 17.3 Å². The molecule has 0 atom stereocenters. The van der Waals surface area contributed by atoms with E-state index in [9.17, 15) is 0 Å². The molecular formula is C14H28N2O. The molecule has 1 saturated heterocycles. The Bertz CT molecular complexity index is 198. The summed E-state index contributed by atoms with van der Waals surface area (Å²) in [4.78, 5) is 2.51. The fourth-order valence-electron chi connectivity index (χ4n) is 3.03. The fourth-order valence-corrected chi connectivity index (χ4v) is 3.03. The first-order chi connectivity index (χ1) is 8.36. The molecule has 0 unspecified atom stereocenters. The smallest absolute Gasteiger partial charge is 0.0600 e. The highest BCUT2D eigenvalue weighted by Gasteiger charge is 2.18. The Morgan fingerprint density at radius 3 is 2.47 bits per heavy atom. The van der Waals surface area contributed by atoms with Crippen LogP contribution in [0.2, 0.25) is 0 Å². The lowest BCUT2D eigenvalue weighted by atomic mass is 9.94. The lowest BCUT2D eigenvalue weighted by molar-refractivity contribution is 0.0159. The first kappa shape index (κ1) is 13.3. The van der Waals surface area contributed by atoms with E-state index in [1.165, 1.54) is 44.9 Å². The van der Waals surface area contributed by atoms with Crippen molar-refractivity contribution in [3.05, 3.63) is 0 Å². The predicted molar refractivity (Wildman–Crippen MR) is 71.3 cm³/mol. The zero-order valence-corrected chi connectivity index (χ0v) is 11.3. The number of nitrogens with zero attached hydrogens (tertiary/aromatic N) is 1. The summed E-state index contributed by atoms with van der Waals surface area (Å²) in [6.07, 6.45) is 9.95. The van der Waals surface area contributed by atoms with Gasteiger partial charge in [0.1, 0.15) is 0 Å². The molecule has 1 N–H and O–H groups in total. The van der Waals surface area contributed by atoms with Crippen LogP contribution >= 0.6 is 0 Å². The minimum Gasteiger partial charge on any atom is -0.377 e. The maximum atomic E-state index is 5.96. The van der Waals surface area contributed by atoms with Crippen LogP contribution in [0.25, 0.3) is 0 Å². The second-order valence-electron chi connectivity index (χ2n) is 5.59. The van der Waals surface area contributed by atoms with Crippen LogP contribution in [-0.2, 0) is 4.74 Å². The molecule has 3 heteroatoms. The normalized spacial score (nSPS) is 24.4. The number of piperidine rings is 1. The van der Waals surface area contributed by atoms with Gasteiger partial charge in [0.05, 0.1) is 12.7 Å². The third-order valence-electron chi connectivity index (χ3n) is 4.28. The number of ether oxygens (including phenoxy) is 1. The van der Waals surface area contributed by atoms with Crippen LogP contribution in [0.3, 0.4) is 0 Å². The van der Waals surface area contributed by atoms with Gasteiger partial charge in [-0.1, -0.05) is 19.3 Å². The van der Waals surface area contributed by atoms with Gasteiger partial charge in [-0.05, 0) is 45.8 Å². The van der Waals surface area contributed by atoms with Gasteiger partial charge >= 0.3 is 0 Å². The summed E-state index contributed by atoms with van der Waals surface area (Å²) in [5, 5.41) is 3.38. The molecule has 2 fully saturated rings. The van der Waals surface area contributed by atoms with Gasteiger partial charge < -0.3 is 15.0 Å². The highest BCUT2D eigenvalue weighted by molar-refractivity contribution is 4.74. The predicted octanol–water partition coefficient (Wildman–Crippen LogP) is 2.02. The van der Waals surface area contributed by atoms with Gasteiger partial charge in [0.2, 0.25) is 0 Å². The average molecular weight is 240 g/mol. The molecule has 3 nitrogen and oxygen atoms in total. The number of hydrogen-bond donors (Lipinski definition) is 1. The van der Waals surface area contributed by atoms with Crippen LogP contribution in [-0.4, -0.2) is 50.3 Å². The Kier molecular flexibility index (Phi) is 5.75. The molecule has 1 saturated carbocycles. The molecule has 17 heavy (non-hydrogen) atoms. The van der Waals surface area contributed by atoms with Gasteiger partial charge in [0.25, 0.3) is 0 Å². The van der Waals surface area contributed by atoms with Crippen LogP contribution in [0.15, 0.2) is 0 Å². The highest BCUT2D eigenvalue weighted by atomic mass is 16.5. The third-order valence-corrected chi connectivity index (χ3v) is 4.28. The standard InChI is InChI=1S/C14H28N2O/c1-16(13-5-3-2-4-6-13)11-12-17-14-7-9-15-10-8-14/h13-15H,2-12H2,1H3. The van der Waals surface area contributed by atoms with E-state index < -0.39 is 0 Å². The number of nitrogens with one attached hydrogen (secondary N) is 1. The van der Waals surface area contributed by atoms with E-state index in [1.807, 2.05) is 0 Å². The van der Waals surface area contributed by atoms with E-state index in [4.69, 9.17) is 4.74 Å². The maximum absolute atomic E-state index is 5.96. The zero-order valence-electron chi connectivity index (χ0n) is 11.3. The van der Waals surface area contributed by atoms with Crippen LogP contribution in [0.1, 0.15) is 44.9 Å². The van der Waals surface area contributed by atoms with Crippen LogP contribution in [0.5, 0.6) is 0 Å². The van der Waals surface area contributed by atoms with Crippen molar-refractivity contribution < 1.29 is 4.74 Å². The summed E-state index contributed by atoms with van der Waals surface area (Å²) >= 11 is 0. The maximum Gasteiger partial charge on any atom is 0.0600 e. The molecule has 0 aromatic rings. The van der Waals surface area contributed by atoms with Gasteiger partial charge in [-0.3, -0.25) is 0 Å². The molecule has 0 bridgehead atoms. The van der Waals surface area contributed by atoms with Crippen molar-refractivity contribution in [1.82, 2.24) is 10.2 Å². The molecule has 1 aliphatic carbocycles. The van der Waals surface area contributed by atoms with Gasteiger partial charge in [-0.2, -0.15) is 0 Å². The van der Waals surface area contributed by atoms with Crippen molar-refractivity contribution in [1.29, 1.82) is 0 Å². The van der Waals surface area contributed by atoms with E-state index in [0.29, 0.717) is 6.10 Å². The summed E-state index contributed by atoms with van der Waals surface area (Å²) < 4.78 is 5.96. The van der Waals surface area contributed by atoms with Crippen molar-refractivity contribution in [2.24, 2.45) is 0 Å². The first-order valence-electron chi connectivity index (χ1n) is 7.39. The third kappa shape index (κ3) is 4.57. The van der Waals surface area contributed by atoms with Crippen molar-refractivity contribution >= 4 is 0 Å². The SMILES string of the molecule is CN(CCOC1CCNCC1)C1CCCCC1. The molecule has 0 aromatic heterocycles. The van der Waals surface area contributed by atoms with Crippen LogP contribution in [0, 0.1) is 0 Å². The summed E-state index contributed by atoms with van der Waals surface area (Å²) in [6, 6.07) is 0.820. The largest absolute Gasteiger partial charge is 0.377 e. The molecule has 0 amide bonds. The Balaban J connectivity index is 1.57. The zero-order chi connectivity index (χ0) is 11.9. The van der Waals surface area contributed by atoms with E-state index in [0.717, 1.165) is 32.3 Å². The van der Waals surface area contributed by atoms with Crippen molar-refractivity contribution in [3.8, 4) is 0 Å². The summed E-state index contributed by atoms with van der Waals surface area (Å²) in [5.74, 6) is 0. The molecule has 0 aromatic carbocycles. The van der Waals surface area contributed by atoms with E-state index >= 15 is 0 Å². The molecule has 2 aliphatic rings. The molecule has 100 valence electrons. The molecule has 1 heterocycles. The average Bonchev–Trinajstić information content (AvgIpc) is 2.41. The minimum atomic E-state index is 0.510. The lowest BCUT2D eigenvalue weighted by Crippen LogP contribution is -2.38. The molecule has 2 rings (SSSR count). The van der Waals surface area contributed by atoms with Crippen molar-refractivity contribution in [2.45, 2.75) is 57.1 Å². The Morgan fingerprint density at radius 2 is 1.76 bits per heavy atom. The number of hydrogen-bond acceptors (Lipinski definition) is 3. The van der Waals surface area contributed by atoms with Crippen LogP contribution in [0.4, 0.5) is 0 Å². The van der Waals surface area contributed by atoms with Gasteiger partial charge in [0, 0.05) is 12.6 Å².